The van der Waals surface area contributed by atoms with E-state index in [0.29, 0.717) is 5.75 Å². The van der Waals surface area contributed by atoms with Crippen molar-refractivity contribution in [2.45, 2.75) is 4.90 Å². The second-order valence-corrected chi connectivity index (χ2v) is 4.81. The SMILES string of the molecule is CNS(=O)(=O)c1cc(OC)cc(N)c1OC. The van der Waals surface area contributed by atoms with Gasteiger partial charge in [0.1, 0.15) is 10.6 Å². The monoisotopic (exact) mass is 246 g/mol. The first-order valence-corrected chi connectivity index (χ1v) is 5.89. The summed E-state index contributed by atoms with van der Waals surface area (Å²) in [6.07, 6.45) is 0. The lowest BCUT2D eigenvalue weighted by atomic mass is 10.3. The highest BCUT2D eigenvalue weighted by molar-refractivity contribution is 7.89. The van der Waals surface area contributed by atoms with Gasteiger partial charge in [0.05, 0.1) is 19.9 Å². The van der Waals surface area contributed by atoms with Gasteiger partial charge in [-0.1, -0.05) is 0 Å². The van der Waals surface area contributed by atoms with Crippen molar-refractivity contribution < 1.29 is 17.9 Å². The van der Waals surface area contributed by atoms with Crippen LogP contribution in [0.2, 0.25) is 0 Å². The van der Waals surface area contributed by atoms with Crippen LogP contribution in [0, 0.1) is 0 Å². The molecule has 0 aliphatic heterocycles. The topological polar surface area (TPSA) is 90.7 Å². The zero-order valence-corrected chi connectivity index (χ0v) is 10.1. The van der Waals surface area contributed by atoms with Crippen LogP contribution in [0.4, 0.5) is 5.69 Å². The Hall–Kier alpha value is -1.47. The Morgan fingerprint density at radius 1 is 1.25 bits per heavy atom. The van der Waals surface area contributed by atoms with Gasteiger partial charge >= 0.3 is 0 Å². The number of methoxy groups -OCH3 is 2. The van der Waals surface area contributed by atoms with E-state index in [-0.39, 0.29) is 16.3 Å². The standard InChI is InChI=1S/C9H14N2O4S/c1-11-16(12,13)8-5-6(14-2)4-7(10)9(8)15-3/h4-5,11H,10H2,1-3H3. The number of rotatable bonds is 4. The Balaban J connectivity index is 3.52. The molecular weight excluding hydrogens is 232 g/mol. The first kappa shape index (κ1) is 12.6. The summed E-state index contributed by atoms with van der Waals surface area (Å²) in [5, 5.41) is 0. The average molecular weight is 246 g/mol. The summed E-state index contributed by atoms with van der Waals surface area (Å²) in [5.41, 5.74) is 5.87. The van der Waals surface area contributed by atoms with Crippen molar-refractivity contribution in [2.24, 2.45) is 0 Å². The number of hydrogen-bond donors (Lipinski definition) is 2. The zero-order valence-electron chi connectivity index (χ0n) is 9.27. The van der Waals surface area contributed by atoms with Gasteiger partial charge in [0.15, 0.2) is 5.75 Å². The maximum atomic E-state index is 11.7. The molecule has 0 aliphatic rings. The molecule has 0 unspecified atom stereocenters. The minimum Gasteiger partial charge on any atom is -0.497 e. The molecule has 0 spiro atoms. The average Bonchev–Trinajstić information content (AvgIpc) is 2.27. The first-order valence-electron chi connectivity index (χ1n) is 4.41. The van der Waals surface area contributed by atoms with Crippen LogP contribution in [0.15, 0.2) is 17.0 Å². The van der Waals surface area contributed by atoms with Gasteiger partial charge in [0.2, 0.25) is 10.0 Å². The van der Waals surface area contributed by atoms with E-state index in [0.717, 1.165) is 0 Å². The normalized spacial score (nSPS) is 11.2. The summed E-state index contributed by atoms with van der Waals surface area (Å²) in [5.74, 6) is 0.460. The molecule has 0 amide bonds. The van der Waals surface area contributed by atoms with Crippen LogP contribution >= 0.6 is 0 Å². The third kappa shape index (κ3) is 2.20. The van der Waals surface area contributed by atoms with Crippen molar-refractivity contribution in [3.8, 4) is 11.5 Å². The molecule has 0 fully saturated rings. The van der Waals surface area contributed by atoms with Gasteiger partial charge in [-0.3, -0.25) is 0 Å². The van der Waals surface area contributed by atoms with E-state index in [1.165, 1.54) is 33.4 Å². The number of benzene rings is 1. The van der Waals surface area contributed by atoms with Crippen molar-refractivity contribution in [1.29, 1.82) is 0 Å². The number of anilines is 1. The third-order valence-electron chi connectivity index (χ3n) is 2.06. The van der Waals surface area contributed by atoms with Crippen LogP contribution in [-0.4, -0.2) is 29.7 Å². The molecule has 90 valence electrons. The first-order chi connectivity index (χ1) is 7.46. The van der Waals surface area contributed by atoms with Crippen molar-refractivity contribution in [3.05, 3.63) is 12.1 Å². The Morgan fingerprint density at radius 2 is 1.88 bits per heavy atom. The minimum atomic E-state index is -3.63. The highest BCUT2D eigenvalue weighted by atomic mass is 32.2. The number of nitrogens with two attached hydrogens (primary N) is 1. The molecule has 0 aromatic heterocycles. The van der Waals surface area contributed by atoms with Crippen molar-refractivity contribution in [3.63, 3.8) is 0 Å². The van der Waals surface area contributed by atoms with Gasteiger partial charge < -0.3 is 15.2 Å². The van der Waals surface area contributed by atoms with Gasteiger partial charge in [-0.2, -0.15) is 0 Å². The number of nitrogens with one attached hydrogen (secondary N) is 1. The molecule has 0 radical (unpaired) electrons. The van der Waals surface area contributed by atoms with Gasteiger partial charge in [-0.25, -0.2) is 13.1 Å². The zero-order chi connectivity index (χ0) is 12.3. The molecule has 0 saturated heterocycles. The molecule has 0 atom stereocenters. The summed E-state index contributed by atoms with van der Waals surface area (Å²) in [6, 6.07) is 2.84. The second-order valence-electron chi connectivity index (χ2n) is 2.96. The fourth-order valence-corrected chi connectivity index (χ4v) is 2.18. The largest absolute Gasteiger partial charge is 0.497 e. The Bertz CT molecular complexity index is 485. The van der Waals surface area contributed by atoms with Gasteiger partial charge in [0.25, 0.3) is 0 Å². The highest BCUT2D eigenvalue weighted by Gasteiger charge is 2.21. The second kappa shape index (κ2) is 4.58. The summed E-state index contributed by atoms with van der Waals surface area (Å²) < 4.78 is 35.5. The summed E-state index contributed by atoms with van der Waals surface area (Å²) >= 11 is 0. The van der Waals surface area contributed by atoms with Crippen LogP contribution < -0.4 is 19.9 Å². The molecule has 1 aromatic carbocycles. The lowest BCUT2D eigenvalue weighted by Gasteiger charge is -2.12. The molecule has 3 N–H and O–H groups in total. The van der Waals surface area contributed by atoms with E-state index in [9.17, 15) is 8.42 Å². The number of nitrogen functional groups attached to an aromatic ring is 1. The molecular formula is C9H14N2O4S. The molecule has 0 bridgehead atoms. The maximum absolute atomic E-state index is 11.7. The van der Waals surface area contributed by atoms with E-state index >= 15 is 0 Å². The maximum Gasteiger partial charge on any atom is 0.244 e. The number of ether oxygens (including phenoxy) is 2. The predicted molar refractivity (Wildman–Crippen MR) is 60.2 cm³/mol. The van der Waals surface area contributed by atoms with E-state index in [2.05, 4.69) is 4.72 Å². The molecule has 0 aliphatic carbocycles. The molecule has 1 aromatic rings. The molecule has 6 nitrogen and oxygen atoms in total. The van der Waals surface area contributed by atoms with Crippen LogP contribution in [0.3, 0.4) is 0 Å². The lowest BCUT2D eigenvalue weighted by molar-refractivity contribution is 0.394. The van der Waals surface area contributed by atoms with E-state index < -0.39 is 10.0 Å². The lowest BCUT2D eigenvalue weighted by Crippen LogP contribution is -2.19. The van der Waals surface area contributed by atoms with Crippen LogP contribution in [0.25, 0.3) is 0 Å². The fraction of sp³-hybridized carbons (Fsp3) is 0.333. The Morgan fingerprint density at radius 3 is 2.31 bits per heavy atom. The van der Waals surface area contributed by atoms with E-state index in [1.54, 1.807) is 0 Å². The highest BCUT2D eigenvalue weighted by Crippen LogP contribution is 2.34. The minimum absolute atomic E-state index is 0.0469. The smallest absolute Gasteiger partial charge is 0.244 e. The van der Waals surface area contributed by atoms with Gasteiger partial charge in [-0.05, 0) is 7.05 Å². The molecule has 7 heteroatoms. The van der Waals surface area contributed by atoms with Crippen LogP contribution in [0.1, 0.15) is 0 Å². The molecule has 0 heterocycles. The van der Waals surface area contributed by atoms with Crippen molar-refractivity contribution >= 4 is 15.7 Å². The third-order valence-corrected chi connectivity index (χ3v) is 3.47. The predicted octanol–water partition coefficient (Wildman–Crippen LogP) is 0.194. The van der Waals surface area contributed by atoms with Crippen LogP contribution in [-0.2, 0) is 10.0 Å². The van der Waals surface area contributed by atoms with Crippen molar-refractivity contribution in [1.82, 2.24) is 4.72 Å². The van der Waals surface area contributed by atoms with Gasteiger partial charge in [0, 0.05) is 12.1 Å². The Labute approximate surface area is 94.4 Å². The number of hydrogen-bond acceptors (Lipinski definition) is 5. The fourth-order valence-electron chi connectivity index (χ4n) is 1.24. The molecule has 16 heavy (non-hydrogen) atoms. The van der Waals surface area contributed by atoms with E-state index in [4.69, 9.17) is 15.2 Å². The summed E-state index contributed by atoms with van der Waals surface area (Å²) in [7, 11) is 0.461. The Kier molecular flexibility index (Phi) is 3.61. The summed E-state index contributed by atoms with van der Waals surface area (Å²) in [4.78, 5) is -0.0469. The molecule has 0 saturated carbocycles. The summed E-state index contributed by atoms with van der Waals surface area (Å²) in [6.45, 7) is 0. The quantitative estimate of drug-likeness (QED) is 0.740. The molecule has 1 rings (SSSR count). The van der Waals surface area contributed by atoms with Crippen molar-refractivity contribution in [2.75, 3.05) is 27.0 Å². The number of sulfonamides is 1. The van der Waals surface area contributed by atoms with E-state index in [1.807, 2.05) is 0 Å². The van der Waals surface area contributed by atoms with Crippen LogP contribution in [0.5, 0.6) is 11.5 Å². The van der Waals surface area contributed by atoms with Gasteiger partial charge in [-0.15, -0.1) is 0 Å².